The van der Waals surface area contributed by atoms with E-state index in [1.807, 2.05) is 0 Å². The molecule has 4 nitrogen and oxygen atoms in total. The zero-order chi connectivity index (χ0) is 14.6. The molecule has 8 heteroatoms. The van der Waals surface area contributed by atoms with Gasteiger partial charge in [0.05, 0.1) is 12.2 Å². The molecule has 0 aliphatic rings. The summed E-state index contributed by atoms with van der Waals surface area (Å²) in [7, 11) is 1.27. The second kappa shape index (κ2) is 6.25. The summed E-state index contributed by atoms with van der Waals surface area (Å²) in [5.74, 6) is -1.30. The predicted molar refractivity (Wildman–Crippen MR) is 66.1 cm³/mol. The van der Waals surface area contributed by atoms with Crippen molar-refractivity contribution in [2.45, 2.75) is 12.2 Å². The van der Waals surface area contributed by atoms with Crippen molar-refractivity contribution in [3.63, 3.8) is 0 Å². The van der Waals surface area contributed by atoms with Crippen molar-refractivity contribution in [1.82, 2.24) is 0 Å². The highest BCUT2D eigenvalue weighted by Crippen LogP contribution is 2.36. The highest BCUT2D eigenvalue weighted by atomic mass is 79.9. The van der Waals surface area contributed by atoms with Gasteiger partial charge in [-0.05, 0) is 18.2 Å². The average Bonchev–Trinajstić information content (AvgIpc) is 2.26. The number of nitrogens with one attached hydrogen (secondary N) is 1. The largest absolute Gasteiger partial charge is 0.480 e. The summed E-state index contributed by atoms with van der Waals surface area (Å²) in [6, 6.07) is 2.02. The van der Waals surface area contributed by atoms with E-state index in [4.69, 9.17) is 5.11 Å². The molecule has 0 saturated carbocycles. The molecule has 1 rings (SSSR count). The molecular weight excluding hydrogens is 331 g/mol. The van der Waals surface area contributed by atoms with Gasteiger partial charge < -0.3 is 15.2 Å². The van der Waals surface area contributed by atoms with Crippen molar-refractivity contribution in [3.8, 4) is 0 Å². The molecule has 0 spiro atoms. The topological polar surface area (TPSA) is 58.6 Å². The summed E-state index contributed by atoms with van der Waals surface area (Å²) in [4.78, 5) is 10.9. The highest BCUT2D eigenvalue weighted by molar-refractivity contribution is 9.10. The zero-order valence-electron chi connectivity index (χ0n) is 9.79. The van der Waals surface area contributed by atoms with Gasteiger partial charge in [-0.1, -0.05) is 15.9 Å². The van der Waals surface area contributed by atoms with Crippen LogP contribution < -0.4 is 5.32 Å². The van der Waals surface area contributed by atoms with Gasteiger partial charge in [0, 0.05) is 17.3 Å². The normalized spacial score (nSPS) is 13.1. The maximum atomic E-state index is 12.8. The number of hydrogen-bond donors (Lipinski definition) is 2. The van der Waals surface area contributed by atoms with Gasteiger partial charge >= 0.3 is 12.1 Å². The molecule has 0 aromatic heterocycles. The van der Waals surface area contributed by atoms with Crippen LogP contribution in [0, 0.1) is 0 Å². The van der Waals surface area contributed by atoms with E-state index in [1.165, 1.54) is 19.2 Å². The van der Waals surface area contributed by atoms with Crippen LogP contribution in [0.15, 0.2) is 22.7 Å². The summed E-state index contributed by atoms with van der Waals surface area (Å²) in [6.45, 7) is -0.251. The lowest BCUT2D eigenvalue weighted by atomic mass is 10.1. The molecule has 1 aromatic rings. The molecule has 0 heterocycles. The molecule has 0 saturated heterocycles. The maximum Gasteiger partial charge on any atom is 0.418 e. The van der Waals surface area contributed by atoms with E-state index in [1.54, 1.807) is 0 Å². The Hall–Kier alpha value is -1.28. The Morgan fingerprint density at radius 1 is 1.53 bits per heavy atom. The summed E-state index contributed by atoms with van der Waals surface area (Å²) >= 11 is 3.04. The molecule has 0 amide bonds. The first-order valence-electron chi connectivity index (χ1n) is 5.10. The number of anilines is 1. The first kappa shape index (κ1) is 15.8. The zero-order valence-corrected chi connectivity index (χ0v) is 11.4. The second-order valence-corrected chi connectivity index (χ2v) is 4.59. The molecule has 1 aromatic carbocycles. The van der Waals surface area contributed by atoms with Crippen LogP contribution >= 0.6 is 15.9 Å². The maximum absolute atomic E-state index is 12.8. The van der Waals surface area contributed by atoms with E-state index in [9.17, 15) is 18.0 Å². The number of carboxylic acids is 1. The molecule has 1 unspecified atom stereocenters. The average molecular weight is 342 g/mol. The number of halogens is 4. The standard InChI is InChI=1S/C11H11BrF3NO3/c1-19-5-9(10(17)18)16-8-4-6(12)2-3-7(8)11(13,14)15/h2-4,9,16H,5H2,1H3,(H,17,18). The third-order valence-electron chi connectivity index (χ3n) is 2.25. The quantitative estimate of drug-likeness (QED) is 0.864. The van der Waals surface area contributed by atoms with Crippen LogP contribution in [0.3, 0.4) is 0 Å². The van der Waals surface area contributed by atoms with E-state index in [0.29, 0.717) is 4.47 Å². The molecule has 106 valence electrons. The number of rotatable bonds is 5. The van der Waals surface area contributed by atoms with E-state index in [0.717, 1.165) is 6.07 Å². The van der Waals surface area contributed by atoms with Crippen LogP contribution in [0.1, 0.15) is 5.56 Å². The number of ether oxygens (including phenoxy) is 1. The molecule has 0 aliphatic carbocycles. The number of carbonyl (C=O) groups is 1. The lowest BCUT2D eigenvalue weighted by Gasteiger charge is -2.19. The van der Waals surface area contributed by atoms with Crippen LogP contribution in [-0.4, -0.2) is 30.8 Å². The summed E-state index contributed by atoms with van der Waals surface area (Å²) in [5.41, 5.74) is -1.25. The smallest absolute Gasteiger partial charge is 0.418 e. The van der Waals surface area contributed by atoms with Gasteiger partial charge in [0.15, 0.2) is 0 Å². The van der Waals surface area contributed by atoms with Gasteiger partial charge in [0.25, 0.3) is 0 Å². The first-order valence-corrected chi connectivity index (χ1v) is 5.90. The van der Waals surface area contributed by atoms with Crippen LogP contribution in [0.5, 0.6) is 0 Å². The summed E-state index contributed by atoms with van der Waals surface area (Å²) in [6.07, 6.45) is -4.57. The van der Waals surface area contributed by atoms with Crippen molar-refractivity contribution in [2.24, 2.45) is 0 Å². The molecule has 1 atom stereocenters. The molecule has 2 N–H and O–H groups in total. The third-order valence-corrected chi connectivity index (χ3v) is 2.74. The van der Waals surface area contributed by atoms with Gasteiger partial charge in [-0.3, -0.25) is 0 Å². The first-order chi connectivity index (χ1) is 8.75. The Bertz CT molecular complexity index is 465. The number of carboxylic acid groups (broad SMARTS) is 1. The molecule has 0 fully saturated rings. The van der Waals surface area contributed by atoms with Crippen molar-refractivity contribution in [3.05, 3.63) is 28.2 Å². The summed E-state index contributed by atoms with van der Waals surface area (Å²) in [5, 5.41) is 11.2. The minimum Gasteiger partial charge on any atom is -0.480 e. The Morgan fingerprint density at radius 3 is 2.63 bits per heavy atom. The van der Waals surface area contributed by atoms with E-state index in [-0.39, 0.29) is 12.3 Å². The minimum absolute atomic E-state index is 0.251. The van der Waals surface area contributed by atoms with E-state index >= 15 is 0 Å². The lowest BCUT2D eigenvalue weighted by molar-refractivity contribution is -0.140. The van der Waals surface area contributed by atoms with Crippen molar-refractivity contribution in [2.75, 3.05) is 19.0 Å². The Morgan fingerprint density at radius 2 is 2.16 bits per heavy atom. The van der Waals surface area contributed by atoms with Gasteiger partial charge in [-0.25, -0.2) is 4.79 Å². The molecular formula is C11H11BrF3NO3. The fraction of sp³-hybridized carbons (Fsp3) is 0.364. The van der Waals surface area contributed by atoms with Crippen molar-refractivity contribution in [1.29, 1.82) is 0 Å². The van der Waals surface area contributed by atoms with Crippen LogP contribution in [-0.2, 0) is 15.7 Å². The molecule has 0 radical (unpaired) electrons. The van der Waals surface area contributed by atoms with Gasteiger partial charge in [0.1, 0.15) is 6.04 Å². The highest BCUT2D eigenvalue weighted by Gasteiger charge is 2.34. The Kier molecular flexibility index (Phi) is 5.19. The minimum atomic E-state index is -4.57. The fourth-order valence-electron chi connectivity index (χ4n) is 1.41. The Labute approximate surface area is 115 Å². The number of hydrogen-bond acceptors (Lipinski definition) is 3. The predicted octanol–water partition coefficient (Wildman–Crippen LogP) is 2.98. The van der Waals surface area contributed by atoms with Crippen molar-refractivity contribution < 1.29 is 27.8 Å². The molecule has 0 bridgehead atoms. The number of alkyl halides is 3. The van der Waals surface area contributed by atoms with Crippen LogP contribution in [0.2, 0.25) is 0 Å². The van der Waals surface area contributed by atoms with Gasteiger partial charge in [-0.2, -0.15) is 13.2 Å². The number of benzene rings is 1. The van der Waals surface area contributed by atoms with Gasteiger partial charge in [0.2, 0.25) is 0 Å². The summed E-state index contributed by atoms with van der Waals surface area (Å²) < 4.78 is 43.4. The Balaban J connectivity index is 3.10. The number of aliphatic carboxylic acids is 1. The van der Waals surface area contributed by atoms with Crippen LogP contribution in [0.4, 0.5) is 18.9 Å². The van der Waals surface area contributed by atoms with Crippen molar-refractivity contribution >= 4 is 27.6 Å². The van der Waals surface area contributed by atoms with E-state index in [2.05, 4.69) is 26.0 Å². The molecule has 19 heavy (non-hydrogen) atoms. The fourth-order valence-corrected chi connectivity index (χ4v) is 1.77. The lowest BCUT2D eigenvalue weighted by Crippen LogP contribution is -2.34. The van der Waals surface area contributed by atoms with Crippen LogP contribution in [0.25, 0.3) is 0 Å². The number of methoxy groups -OCH3 is 1. The monoisotopic (exact) mass is 341 g/mol. The SMILES string of the molecule is COCC(Nc1cc(Br)ccc1C(F)(F)F)C(=O)O. The van der Waals surface area contributed by atoms with Gasteiger partial charge in [-0.15, -0.1) is 0 Å². The third kappa shape index (κ3) is 4.39. The molecule has 0 aliphatic heterocycles. The second-order valence-electron chi connectivity index (χ2n) is 3.68. The van der Waals surface area contributed by atoms with E-state index < -0.39 is 23.8 Å².